The van der Waals surface area contributed by atoms with Crippen molar-refractivity contribution in [3.8, 4) is 0 Å². The fourth-order valence-electron chi connectivity index (χ4n) is 3.18. The standard InChI is InChI=1S/C21H22N2O5S/c24-18(12-15-6-2-1-3-7-15)22-19(25)14-28-21(27)16-8-4-10-23(13-16)20(26)17-9-5-11-29-17/h1-3,5-7,9,11,16H,4,8,10,12-14H2,(H,22,24,25). The summed E-state index contributed by atoms with van der Waals surface area (Å²) in [4.78, 5) is 50.8. The monoisotopic (exact) mass is 414 g/mol. The van der Waals surface area contributed by atoms with Crippen molar-refractivity contribution >= 4 is 35.0 Å². The van der Waals surface area contributed by atoms with Crippen LogP contribution in [-0.4, -0.2) is 48.3 Å². The Morgan fingerprint density at radius 1 is 1.07 bits per heavy atom. The van der Waals surface area contributed by atoms with Gasteiger partial charge in [0.05, 0.1) is 17.2 Å². The van der Waals surface area contributed by atoms with Crippen molar-refractivity contribution in [2.24, 2.45) is 5.92 Å². The van der Waals surface area contributed by atoms with E-state index in [1.165, 1.54) is 11.3 Å². The molecule has 1 atom stereocenters. The number of rotatable bonds is 6. The lowest BCUT2D eigenvalue weighted by Crippen LogP contribution is -2.43. The first kappa shape index (κ1) is 20.7. The van der Waals surface area contributed by atoms with Crippen LogP contribution in [0.2, 0.25) is 0 Å². The molecule has 0 radical (unpaired) electrons. The molecule has 2 heterocycles. The Labute approximate surface area is 172 Å². The first-order valence-corrected chi connectivity index (χ1v) is 10.3. The third kappa shape index (κ3) is 5.99. The number of piperidine rings is 1. The van der Waals surface area contributed by atoms with Gasteiger partial charge in [-0.25, -0.2) is 0 Å². The summed E-state index contributed by atoms with van der Waals surface area (Å²) >= 11 is 1.36. The number of thiophene rings is 1. The minimum absolute atomic E-state index is 0.0724. The summed E-state index contributed by atoms with van der Waals surface area (Å²) < 4.78 is 5.07. The van der Waals surface area contributed by atoms with E-state index < -0.39 is 30.3 Å². The molecule has 152 valence electrons. The third-order valence-electron chi connectivity index (χ3n) is 4.61. The molecule has 1 saturated heterocycles. The average molecular weight is 414 g/mol. The van der Waals surface area contributed by atoms with Crippen molar-refractivity contribution in [2.45, 2.75) is 19.3 Å². The predicted molar refractivity (Wildman–Crippen MR) is 107 cm³/mol. The zero-order valence-corrected chi connectivity index (χ0v) is 16.7. The van der Waals surface area contributed by atoms with E-state index in [1.54, 1.807) is 23.1 Å². The van der Waals surface area contributed by atoms with E-state index in [0.29, 0.717) is 24.3 Å². The van der Waals surface area contributed by atoms with E-state index in [2.05, 4.69) is 5.32 Å². The lowest BCUT2D eigenvalue weighted by molar-refractivity contribution is -0.154. The van der Waals surface area contributed by atoms with Gasteiger partial charge in [0.2, 0.25) is 5.91 Å². The van der Waals surface area contributed by atoms with Gasteiger partial charge < -0.3 is 9.64 Å². The van der Waals surface area contributed by atoms with Gasteiger partial charge in [0.1, 0.15) is 0 Å². The summed E-state index contributed by atoms with van der Waals surface area (Å²) in [5, 5.41) is 4.05. The zero-order chi connectivity index (χ0) is 20.6. The Morgan fingerprint density at radius 3 is 2.59 bits per heavy atom. The van der Waals surface area contributed by atoms with Gasteiger partial charge in [-0.1, -0.05) is 36.4 Å². The second-order valence-corrected chi connectivity index (χ2v) is 7.76. The summed E-state index contributed by atoms with van der Waals surface area (Å²) in [6.07, 6.45) is 1.36. The highest BCUT2D eigenvalue weighted by Crippen LogP contribution is 2.21. The van der Waals surface area contributed by atoms with Gasteiger partial charge in [0.25, 0.3) is 11.8 Å². The number of hydrogen-bond donors (Lipinski definition) is 1. The van der Waals surface area contributed by atoms with Gasteiger partial charge in [0.15, 0.2) is 6.61 Å². The molecule has 1 aromatic heterocycles. The number of hydrogen-bond acceptors (Lipinski definition) is 6. The van der Waals surface area contributed by atoms with Gasteiger partial charge in [-0.3, -0.25) is 24.5 Å². The molecule has 0 spiro atoms. The molecule has 0 saturated carbocycles. The molecule has 7 nitrogen and oxygen atoms in total. The van der Waals surface area contributed by atoms with Gasteiger partial charge in [-0.15, -0.1) is 11.3 Å². The van der Waals surface area contributed by atoms with E-state index in [1.807, 2.05) is 29.6 Å². The highest BCUT2D eigenvalue weighted by atomic mass is 32.1. The molecule has 0 bridgehead atoms. The van der Waals surface area contributed by atoms with E-state index in [9.17, 15) is 19.2 Å². The van der Waals surface area contributed by atoms with E-state index in [0.717, 1.165) is 5.56 Å². The lowest BCUT2D eigenvalue weighted by Gasteiger charge is -2.31. The van der Waals surface area contributed by atoms with Crippen LogP contribution in [0.15, 0.2) is 47.8 Å². The third-order valence-corrected chi connectivity index (χ3v) is 5.46. The van der Waals surface area contributed by atoms with Gasteiger partial charge >= 0.3 is 5.97 Å². The van der Waals surface area contributed by atoms with Crippen LogP contribution in [0.5, 0.6) is 0 Å². The topological polar surface area (TPSA) is 92.8 Å². The number of carbonyl (C=O) groups excluding carboxylic acids is 4. The van der Waals surface area contributed by atoms with Crippen LogP contribution in [0.1, 0.15) is 28.1 Å². The molecule has 1 N–H and O–H groups in total. The van der Waals surface area contributed by atoms with Crippen molar-refractivity contribution in [3.05, 3.63) is 58.3 Å². The van der Waals surface area contributed by atoms with Crippen LogP contribution in [0.25, 0.3) is 0 Å². The second-order valence-electron chi connectivity index (χ2n) is 6.81. The fraction of sp³-hybridized carbons (Fsp3) is 0.333. The Morgan fingerprint density at radius 2 is 1.86 bits per heavy atom. The molecule has 3 amide bonds. The molecule has 2 aromatic rings. The maximum absolute atomic E-state index is 12.4. The fourth-order valence-corrected chi connectivity index (χ4v) is 3.87. The molecule has 29 heavy (non-hydrogen) atoms. The summed E-state index contributed by atoms with van der Waals surface area (Å²) in [5.74, 6) is -2.22. The number of carbonyl (C=O) groups is 4. The highest BCUT2D eigenvalue weighted by Gasteiger charge is 2.30. The van der Waals surface area contributed by atoms with Crippen LogP contribution < -0.4 is 5.32 Å². The summed E-state index contributed by atoms with van der Waals surface area (Å²) in [6, 6.07) is 12.6. The molecule has 1 unspecified atom stereocenters. The minimum Gasteiger partial charge on any atom is -0.455 e. The molecule has 1 fully saturated rings. The number of likely N-dealkylation sites (tertiary alicyclic amines) is 1. The van der Waals surface area contributed by atoms with Crippen molar-refractivity contribution in [3.63, 3.8) is 0 Å². The predicted octanol–water partition coefficient (Wildman–Crippen LogP) is 2.03. The molecule has 8 heteroatoms. The number of nitrogens with one attached hydrogen (secondary N) is 1. The maximum Gasteiger partial charge on any atom is 0.311 e. The van der Waals surface area contributed by atoms with E-state index in [4.69, 9.17) is 4.74 Å². The number of esters is 1. The summed E-state index contributed by atoms with van der Waals surface area (Å²) in [7, 11) is 0. The van der Waals surface area contributed by atoms with Gasteiger partial charge in [-0.05, 0) is 29.9 Å². The van der Waals surface area contributed by atoms with E-state index in [-0.39, 0.29) is 18.9 Å². The average Bonchev–Trinajstić information content (AvgIpc) is 3.27. The van der Waals surface area contributed by atoms with Gasteiger partial charge in [0, 0.05) is 13.1 Å². The molecule has 3 rings (SSSR count). The Balaban J connectivity index is 1.43. The van der Waals surface area contributed by atoms with Crippen LogP contribution in [0, 0.1) is 5.92 Å². The van der Waals surface area contributed by atoms with Gasteiger partial charge in [-0.2, -0.15) is 0 Å². The van der Waals surface area contributed by atoms with Crippen molar-refractivity contribution < 1.29 is 23.9 Å². The number of nitrogens with zero attached hydrogens (tertiary/aromatic N) is 1. The second kappa shape index (κ2) is 9.97. The van der Waals surface area contributed by atoms with Crippen molar-refractivity contribution in [1.29, 1.82) is 0 Å². The zero-order valence-electron chi connectivity index (χ0n) is 15.8. The van der Waals surface area contributed by atoms with Crippen LogP contribution in [0.4, 0.5) is 0 Å². The maximum atomic E-state index is 12.4. The lowest BCUT2D eigenvalue weighted by atomic mass is 9.98. The van der Waals surface area contributed by atoms with Crippen LogP contribution >= 0.6 is 11.3 Å². The number of ether oxygens (including phenoxy) is 1. The Bertz CT molecular complexity index is 866. The van der Waals surface area contributed by atoms with E-state index >= 15 is 0 Å². The first-order chi connectivity index (χ1) is 14.0. The van der Waals surface area contributed by atoms with Crippen molar-refractivity contribution in [2.75, 3.05) is 19.7 Å². The molecule has 1 aliphatic rings. The molecular formula is C21H22N2O5S. The molecule has 0 aliphatic carbocycles. The number of amides is 3. The summed E-state index contributed by atoms with van der Waals surface area (Å²) in [6.45, 7) is 0.341. The SMILES string of the molecule is O=C(COC(=O)C1CCCN(C(=O)c2cccs2)C1)NC(=O)Cc1ccccc1. The number of imide groups is 1. The Hall–Kier alpha value is -3.00. The first-order valence-electron chi connectivity index (χ1n) is 9.39. The minimum atomic E-state index is -0.665. The molecule has 1 aliphatic heterocycles. The Kier molecular flexibility index (Phi) is 7.13. The van der Waals surface area contributed by atoms with Crippen LogP contribution in [-0.2, 0) is 25.5 Å². The largest absolute Gasteiger partial charge is 0.455 e. The van der Waals surface area contributed by atoms with Crippen LogP contribution in [0.3, 0.4) is 0 Å². The normalized spacial score (nSPS) is 16.1. The molecular weight excluding hydrogens is 392 g/mol. The van der Waals surface area contributed by atoms with Crippen molar-refractivity contribution in [1.82, 2.24) is 10.2 Å². The smallest absolute Gasteiger partial charge is 0.311 e. The summed E-state index contributed by atoms with van der Waals surface area (Å²) in [5.41, 5.74) is 0.785. The highest BCUT2D eigenvalue weighted by molar-refractivity contribution is 7.12. The number of benzene rings is 1. The quantitative estimate of drug-likeness (QED) is 0.730. The molecule has 1 aromatic carbocycles.